The second-order valence-corrected chi connectivity index (χ2v) is 3.42. The van der Waals surface area contributed by atoms with E-state index in [0.717, 1.165) is 30.9 Å². The van der Waals surface area contributed by atoms with Crippen LogP contribution in [0.1, 0.15) is 12.8 Å². The summed E-state index contributed by atoms with van der Waals surface area (Å²) in [5.41, 5.74) is -0.0411. The van der Waals surface area contributed by atoms with Crippen LogP contribution in [-0.4, -0.2) is 30.0 Å². The number of nitrogens with zero attached hydrogens (tertiary/aromatic N) is 1. The van der Waals surface area contributed by atoms with E-state index in [0.29, 0.717) is 0 Å². The molecule has 0 aliphatic carbocycles. The zero-order valence-corrected chi connectivity index (χ0v) is 7.08. The van der Waals surface area contributed by atoms with Crippen molar-refractivity contribution in [2.24, 2.45) is 4.99 Å². The molecule has 1 fully saturated rings. The van der Waals surface area contributed by atoms with Crippen LogP contribution in [0.2, 0.25) is 0 Å². The fourth-order valence-electron chi connectivity index (χ4n) is 1.60. The highest BCUT2D eigenvalue weighted by molar-refractivity contribution is 7.80. The van der Waals surface area contributed by atoms with Crippen LogP contribution in [-0.2, 0) is 0 Å². The van der Waals surface area contributed by atoms with Crippen molar-refractivity contribution in [3.63, 3.8) is 0 Å². The first-order valence-electron chi connectivity index (χ1n) is 3.89. The highest BCUT2D eigenvalue weighted by atomic mass is 32.1. The molecular weight excluding hydrogens is 158 g/mol. The van der Waals surface area contributed by atoms with E-state index in [4.69, 9.17) is 12.2 Å². The van der Waals surface area contributed by atoms with Crippen LogP contribution in [0.15, 0.2) is 4.99 Å². The molecule has 0 radical (unpaired) electrons. The Morgan fingerprint density at radius 2 is 2.18 bits per heavy atom. The Balaban J connectivity index is 2.18. The number of hydrogen-bond acceptors (Lipinski definition) is 3. The summed E-state index contributed by atoms with van der Waals surface area (Å²) in [5.74, 6) is 0. The first-order chi connectivity index (χ1) is 5.33. The Morgan fingerprint density at radius 3 is 2.73 bits per heavy atom. The smallest absolute Gasteiger partial charge is 0.115 e. The summed E-state index contributed by atoms with van der Waals surface area (Å²) in [5, 5.41) is 6.29. The number of rotatable bonds is 0. The summed E-state index contributed by atoms with van der Waals surface area (Å²) in [6.45, 7) is 2.05. The van der Waals surface area contributed by atoms with Crippen LogP contribution in [0.5, 0.6) is 0 Å². The molecule has 0 amide bonds. The lowest BCUT2D eigenvalue weighted by atomic mass is 9.90. The van der Waals surface area contributed by atoms with Crippen LogP contribution in [0.25, 0.3) is 0 Å². The van der Waals surface area contributed by atoms with Crippen molar-refractivity contribution in [3.05, 3.63) is 0 Å². The molecule has 2 N–H and O–H groups in total. The van der Waals surface area contributed by atoms with E-state index in [9.17, 15) is 0 Å². The second kappa shape index (κ2) is 2.53. The molecular formula is C7H11N3S. The third-order valence-corrected chi connectivity index (χ3v) is 2.86. The van der Waals surface area contributed by atoms with Gasteiger partial charge in [0.2, 0.25) is 0 Å². The van der Waals surface area contributed by atoms with Crippen molar-refractivity contribution in [2.75, 3.05) is 13.1 Å². The van der Waals surface area contributed by atoms with Crippen LogP contribution in [0, 0.1) is 0 Å². The highest BCUT2D eigenvalue weighted by Gasteiger charge is 2.37. The number of nitrogens with one attached hydrogen (secondary N) is 2. The molecule has 0 aromatic rings. The molecule has 1 spiro atoms. The summed E-state index contributed by atoms with van der Waals surface area (Å²) in [4.78, 5) is 5.29. The van der Waals surface area contributed by atoms with E-state index < -0.39 is 0 Å². The largest absolute Gasteiger partial charge is 0.339 e. The molecule has 0 unspecified atom stereocenters. The van der Waals surface area contributed by atoms with Crippen LogP contribution >= 0.6 is 12.2 Å². The lowest BCUT2D eigenvalue weighted by Crippen LogP contribution is -2.46. The molecule has 2 aliphatic rings. The SMILES string of the molecule is S=C1NC=NC12CCNCC2. The molecule has 1 saturated heterocycles. The van der Waals surface area contributed by atoms with E-state index in [1.165, 1.54) is 0 Å². The molecule has 3 nitrogen and oxygen atoms in total. The van der Waals surface area contributed by atoms with Gasteiger partial charge >= 0.3 is 0 Å². The normalized spacial score (nSPS) is 27.5. The number of hydrogen-bond donors (Lipinski definition) is 2. The maximum atomic E-state index is 5.19. The molecule has 2 aliphatic heterocycles. The quantitative estimate of drug-likeness (QED) is 0.504. The lowest BCUT2D eigenvalue weighted by molar-refractivity contribution is 0.407. The maximum absolute atomic E-state index is 5.19. The topological polar surface area (TPSA) is 36.4 Å². The standard InChI is InChI=1S/C7H11N3S/c11-6-7(10-5-9-6)1-3-8-4-2-7/h5,8H,1-4H2,(H,9,10,11). The molecule has 0 aromatic heterocycles. The van der Waals surface area contributed by atoms with Gasteiger partial charge in [-0.1, -0.05) is 12.2 Å². The Bertz CT molecular complexity index is 206. The van der Waals surface area contributed by atoms with Crippen molar-refractivity contribution in [2.45, 2.75) is 18.4 Å². The zero-order chi connectivity index (χ0) is 7.73. The molecule has 4 heteroatoms. The molecule has 0 atom stereocenters. The van der Waals surface area contributed by atoms with Gasteiger partial charge in [0.1, 0.15) is 10.5 Å². The summed E-state index contributed by atoms with van der Waals surface area (Å²) in [7, 11) is 0. The first-order valence-corrected chi connectivity index (χ1v) is 4.30. The van der Waals surface area contributed by atoms with Gasteiger partial charge in [-0.05, 0) is 25.9 Å². The molecule has 2 heterocycles. The minimum Gasteiger partial charge on any atom is -0.339 e. The van der Waals surface area contributed by atoms with Crippen molar-refractivity contribution in [3.8, 4) is 0 Å². The predicted molar refractivity (Wildman–Crippen MR) is 49.1 cm³/mol. The van der Waals surface area contributed by atoms with E-state index >= 15 is 0 Å². The van der Waals surface area contributed by atoms with Gasteiger partial charge < -0.3 is 10.6 Å². The van der Waals surface area contributed by atoms with Gasteiger partial charge in [0, 0.05) is 0 Å². The molecule has 0 bridgehead atoms. The van der Waals surface area contributed by atoms with Gasteiger partial charge in [-0.25, -0.2) is 0 Å². The number of piperidine rings is 1. The van der Waals surface area contributed by atoms with Crippen molar-refractivity contribution >= 4 is 23.5 Å². The molecule has 11 heavy (non-hydrogen) atoms. The third kappa shape index (κ3) is 1.06. The average Bonchev–Trinajstić information content (AvgIpc) is 2.36. The predicted octanol–water partition coefficient (Wildman–Crippen LogP) is 0.0675. The highest BCUT2D eigenvalue weighted by Crippen LogP contribution is 2.26. The maximum Gasteiger partial charge on any atom is 0.115 e. The van der Waals surface area contributed by atoms with Crippen molar-refractivity contribution in [1.29, 1.82) is 0 Å². The summed E-state index contributed by atoms with van der Waals surface area (Å²) < 4.78 is 0. The van der Waals surface area contributed by atoms with Gasteiger partial charge in [0.25, 0.3) is 0 Å². The fraction of sp³-hybridized carbons (Fsp3) is 0.714. The molecule has 0 aromatic carbocycles. The average molecular weight is 169 g/mol. The van der Waals surface area contributed by atoms with Crippen molar-refractivity contribution in [1.82, 2.24) is 10.6 Å². The van der Waals surface area contributed by atoms with Gasteiger partial charge in [-0.2, -0.15) is 0 Å². The Labute approximate surface area is 71.3 Å². The summed E-state index contributed by atoms with van der Waals surface area (Å²) in [6.07, 6.45) is 3.80. The third-order valence-electron chi connectivity index (χ3n) is 2.36. The van der Waals surface area contributed by atoms with Crippen LogP contribution in [0.3, 0.4) is 0 Å². The minimum absolute atomic E-state index is 0.0411. The van der Waals surface area contributed by atoms with Crippen LogP contribution < -0.4 is 10.6 Å². The Kier molecular flexibility index (Phi) is 1.65. The van der Waals surface area contributed by atoms with E-state index in [-0.39, 0.29) is 5.54 Å². The van der Waals surface area contributed by atoms with E-state index in [1.807, 2.05) is 0 Å². The fourth-order valence-corrected chi connectivity index (χ4v) is 1.91. The Morgan fingerprint density at radius 1 is 1.45 bits per heavy atom. The number of aliphatic imine (C=N–C) groups is 1. The zero-order valence-electron chi connectivity index (χ0n) is 6.26. The monoisotopic (exact) mass is 169 g/mol. The van der Waals surface area contributed by atoms with E-state index in [2.05, 4.69) is 15.6 Å². The molecule has 2 rings (SSSR count). The van der Waals surface area contributed by atoms with E-state index in [1.54, 1.807) is 6.34 Å². The second-order valence-electron chi connectivity index (χ2n) is 3.01. The van der Waals surface area contributed by atoms with Crippen molar-refractivity contribution < 1.29 is 0 Å². The number of thiocarbonyl (C=S) groups is 1. The van der Waals surface area contributed by atoms with Gasteiger partial charge in [0.05, 0.1) is 6.34 Å². The van der Waals surface area contributed by atoms with Gasteiger partial charge in [-0.15, -0.1) is 0 Å². The molecule has 60 valence electrons. The molecule has 0 saturated carbocycles. The minimum atomic E-state index is -0.0411. The Hall–Kier alpha value is -0.480. The van der Waals surface area contributed by atoms with Gasteiger partial charge in [-0.3, -0.25) is 4.99 Å². The summed E-state index contributed by atoms with van der Waals surface area (Å²) in [6, 6.07) is 0. The summed E-state index contributed by atoms with van der Waals surface area (Å²) >= 11 is 5.19. The lowest BCUT2D eigenvalue weighted by Gasteiger charge is -2.30. The first kappa shape index (κ1) is 7.18. The van der Waals surface area contributed by atoms with Crippen LogP contribution in [0.4, 0.5) is 0 Å². The van der Waals surface area contributed by atoms with Gasteiger partial charge in [0.15, 0.2) is 0 Å².